The van der Waals surface area contributed by atoms with Crippen LogP contribution in [0, 0.1) is 11.3 Å². The molecular weight excluding hydrogens is 262 g/mol. The maximum absolute atomic E-state index is 9.27. The molecule has 1 N–H and O–H groups in total. The normalized spacial score (nSPS) is 10.0. The van der Waals surface area contributed by atoms with Crippen molar-refractivity contribution in [1.29, 1.82) is 5.26 Å². The summed E-state index contributed by atoms with van der Waals surface area (Å²) >= 11 is 3.30. The Balaban J connectivity index is 2.17. The highest BCUT2D eigenvalue weighted by molar-refractivity contribution is 7.99. The highest BCUT2D eigenvalue weighted by Gasteiger charge is 2.07. The number of benzene rings is 1. The molecule has 0 bridgehead atoms. The van der Waals surface area contributed by atoms with Gasteiger partial charge in [-0.2, -0.15) is 5.26 Å². The van der Waals surface area contributed by atoms with Crippen molar-refractivity contribution >= 4 is 28.8 Å². The first-order valence-corrected chi connectivity index (χ1v) is 7.48. The molecule has 2 aromatic rings. The second-order valence-corrected chi connectivity index (χ2v) is 5.82. The van der Waals surface area contributed by atoms with Gasteiger partial charge < -0.3 is 5.32 Å². The van der Waals surface area contributed by atoms with E-state index >= 15 is 0 Å². The number of nitrogens with one attached hydrogen (secondary N) is 1. The van der Waals surface area contributed by atoms with Crippen molar-refractivity contribution in [2.75, 3.05) is 11.1 Å². The van der Waals surface area contributed by atoms with E-state index in [9.17, 15) is 5.26 Å². The molecule has 0 amide bonds. The quantitative estimate of drug-likeness (QED) is 0.844. The van der Waals surface area contributed by atoms with Crippen molar-refractivity contribution in [3.05, 3.63) is 40.3 Å². The number of hydrogen-bond acceptors (Lipinski definition) is 5. The number of thiazole rings is 1. The third-order valence-electron chi connectivity index (χ3n) is 2.37. The van der Waals surface area contributed by atoms with Crippen LogP contribution in [0.5, 0.6) is 0 Å². The molecule has 0 aliphatic heterocycles. The van der Waals surface area contributed by atoms with Gasteiger partial charge in [-0.15, -0.1) is 23.1 Å². The molecule has 0 atom stereocenters. The molecule has 0 fully saturated rings. The van der Waals surface area contributed by atoms with Gasteiger partial charge in [-0.3, -0.25) is 4.98 Å². The zero-order valence-electron chi connectivity index (χ0n) is 10.0. The lowest BCUT2D eigenvalue weighted by Gasteiger charge is -2.10. The fourth-order valence-corrected chi connectivity index (χ4v) is 2.90. The summed E-state index contributed by atoms with van der Waals surface area (Å²) in [5, 5.41) is 12.6. The highest BCUT2D eigenvalue weighted by Crippen LogP contribution is 2.28. The van der Waals surface area contributed by atoms with Gasteiger partial charge in [0.1, 0.15) is 6.07 Å². The third kappa shape index (κ3) is 3.03. The molecule has 0 saturated heterocycles. The smallest absolute Gasteiger partial charge is 0.102 e. The number of hydrogen-bond donors (Lipinski definition) is 1. The lowest BCUT2D eigenvalue weighted by Crippen LogP contribution is -2.00. The zero-order valence-corrected chi connectivity index (χ0v) is 11.6. The number of rotatable bonds is 5. The molecule has 0 unspecified atom stereocenters. The maximum Gasteiger partial charge on any atom is 0.102 e. The zero-order chi connectivity index (χ0) is 12.8. The minimum absolute atomic E-state index is 0.708. The van der Waals surface area contributed by atoms with Crippen LogP contribution in [-0.2, 0) is 6.54 Å². The number of nitriles is 1. The lowest BCUT2D eigenvalue weighted by molar-refractivity contribution is 1.16. The topological polar surface area (TPSA) is 48.7 Å². The van der Waals surface area contributed by atoms with Crippen LogP contribution >= 0.6 is 23.1 Å². The first-order chi connectivity index (χ1) is 8.85. The molecule has 0 spiro atoms. The van der Waals surface area contributed by atoms with Crippen LogP contribution in [0.3, 0.4) is 0 Å². The second kappa shape index (κ2) is 6.43. The molecule has 5 heteroatoms. The average molecular weight is 275 g/mol. The summed E-state index contributed by atoms with van der Waals surface area (Å²) in [6.07, 6.45) is 1.84. The van der Waals surface area contributed by atoms with Crippen molar-refractivity contribution in [1.82, 2.24) is 4.98 Å². The summed E-state index contributed by atoms with van der Waals surface area (Å²) in [7, 11) is 0. The van der Waals surface area contributed by atoms with Crippen LogP contribution in [0.1, 0.15) is 17.4 Å². The highest BCUT2D eigenvalue weighted by atomic mass is 32.2. The summed E-state index contributed by atoms with van der Waals surface area (Å²) in [6.45, 7) is 2.79. The van der Waals surface area contributed by atoms with E-state index in [2.05, 4.69) is 23.3 Å². The Kier molecular flexibility index (Phi) is 4.62. The Hall–Kier alpha value is -1.51. The lowest BCUT2D eigenvalue weighted by atomic mass is 10.2. The van der Waals surface area contributed by atoms with E-state index in [4.69, 9.17) is 0 Å². The van der Waals surface area contributed by atoms with Gasteiger partial charge in [0.05, 0.1) is 23.3 Å². The molecule has 3 nitrogen and oxygen atoms in total. The summed E-state index contributed by atoms with van der Waals surface area (Å²) < 4.78 is 0. The van der Waals surface area contributed by atoms with Crippen LogP contribution in [0.15, 0.2) is 34.8 Å². The Morgan fingerprint density at radius 1 is 1.50 bits per heavy atom. The maximum atomic E-state index is 9.27. The molecule has 1 aromatic carbocycles. The third-order valence-corrected chi connectivity index (χ3v) is 4.09. The Labute approximate surface area is 115 Å². The van der Waals surface area contributed by atoms with Crippen molar-refractivity contribution in [2.45, 2.75) is 18.4 Å². The molecule has 2 rings (SSSR count). The van der Waals surface area contributed by atoms with Crippen LogP contribution in [0.25, 0.3) is 0 Å². The fraction of sp³-hybridized carbons (Fsp3) is 0.231. The van der Waals surface area contributed by atoms with Gasteiger partial charge in [0.2, 0.25) is 0 Å². The number of anilines is 1. The fourth-order valence-electron chi connectivity index (χ4n) is 1.58. The van der Waals surface area contributed by atoms with Crippen LogP contribution in [0.4, 0.5) is 5.69 Å². The number of aromatic nitrogens is 1. The van der Waals surface area contributed by atoms with E-state index in [1.165, 1.54) is 0 Å². The van der Waals surface area contributed by atoms with Gasteiger partial charge in [-0.1, -0.05) is 13.0 Å². The van der Waals surface area contributed by atoms with Crippen molar-refractivity contribution < 1.29 is 0 Å². The molecule has 1 heterocycles. The van der Waals surface area contributed by atoms with E-state index in [1.54, 1.807) is 23.1 Å². The van der Waals surface area contributed by atoms with E-state index in [0.717, 1.165) is 26.8 Å². The van der Waals surface area contributed by atoms with Crippen LogP contribution in [0.2, 0.25) is 0 Å². The number of thioether (sulfide) groups is 1. The standard InChI is InChI=1S/C13H13N3S2/c1-2-17-13-5-3-4-12(11(13)6-14)16-8-10-7-15-9-18-10/h3-5,7,9,16H,2,8H2,1H3. The largest absolute Gasteiger partial charge is 0.379 e. The van der Waals surface area contributed by atoms with E-state index in [-0.39, 0.29) is 0 Å². The molecule has 18 heavy (non-hydrogen) atoms. The Bertz CT molecular complexity index is 544. The minimum atomic E-state index is 0.708. The summed E-state index contributed by atoms with van der Waals surface area (Å²) in [4.78, 5) is 6.23. The Morgan fingerprint density at radius 3 is 3.06 bits per heavy atom. The molecular formula is C13H13N3S2. The first-order valence-electron chi connectivity index (χ1n) is 5.62. The van der Waals surface area contributed by atoms with Crippen molar-refractivity contribution in [2.24, 2.45) is 0 Å². The van der Waals surface area contributed by atoms with Gasteiger partial charge in [-0.05, 0) is 17.9 Å². The molecule has 0 aliphatic carbocycles. The van der Waals surface area contributed by atoms with Gasteiger partial charge in [0.15, 0.2) is 0 Å². The summed E-state index contributed by atoms with van der Waals surface area (Å²) in [6, 6.07) is 8.20. The second-order valence-electron chi connectivity index (χ2n) is 3.54. The van der Waals surface area contributed by atoms with Crippen molar-refractivity contribution in [3.63, 3.8) is 0 Å². The molecule has 0 aliphatic rings. The molecule has 0 radical (unpaired) electrons. The minimum Gasteiger partial charge on any atom is -0.379 e. The summed E-state index contributed by atoms with van der Waals surface area (Å²) in [5.74, 6) is 0.965. The van der Waals surface area contributed by atoms with E-state index < -0.39 is 0 Å². The van der Waals surface area contributed by atoms with Gasteiger partial charge in [0, 0.05) is 16.0 Å². The SMILES string of the molecule is CCSc1cccc(NCc2cncs2)c1C#N. The average Bonchev–Trinajstić information content (AvgIpc) is 2.90. The molecule has 1 aromatic heterocycles. The van der Waals surface area contributed by atoms with Gasteiger partial charge >= 0.3 is 0 Å². The van der Waals surface area contributed by atoms with Crippen molar-refractivity contribution in [3.8, 4) is 6.07 Å². The van der Waals surface area contributed by atoms with Crippen LogP contribution in [-0.4, -0.2) is 10.7 Å². The van der Waals surface area contributed by atoms with Gasteiger partial charge in [-0.25, -0.2) is 0 Å². The van der Waals surface area contributed by atoms with Gasteiger partial charge in [0.25, 0.3) is 0 Å². The molecule has 0 saturated carbocycles. The monoisotopic (exact) mass is 275 g/mol. The predicted octanol–water partition coefficient (Wildman–Crippen LogP) is 3.74. The molecule has 92 valence electrons. The van der Waals surface area contributed by atoms with E-state index in [1.807, 2.05) is 29.9 Å². The van der Waals surface area contributed by atoms with Crippen LogP contribution < -0.4 is 5.32 Å². The first kappa shape index (κ1) is 12.9. The summed E-state index contributed by atoms with van der Waals surface area (Å²) in [5.41, 5.74) is 3.43. The van der Waals surface area contributed by atoms with E-state index in [0.29, 0.717) is 6.54 Å². The Morgan fingerprint density at radius 2 is 2.39 bits per heavy atom. The predicted molar refractivity (Wildman–Crippen MR) is 77.0 cm³/mol. The number of nitrogens with zero attached hydrogens (tertiary/aromatic N) is 2.